The van der Waals surface area contributed by atoms with E-state index in [1.54, 1.807) is 19.2 Å². The lowest BCUT2D eigenvalue weighted by atomic mass is 10.2. The van der Waals surface area contributed by atoms with Gasteiger partial charge in [0, 0.05) is 13.2 Å². The summed E-state index contributed by atoms with van der Waals surface area (Å²) in [5, 5.41) is 11.8. The number of carbonyl (C=O) groups is 1. The van der Waals surface area contributed by atoms with Crippen LogP contribution in [0.4, 0.5) is 10.3 Å². The zero-order valence-electron chi connectivity index (χ0n) is 13.0. The topological polar surface area (TPSA) is 110 Å². The zero-order chi connectivity index (χ0) is 17.8. The van der Waals surface area contributed by atoms with Crippen LogP contribution in [0.5, 0.6) is 11.6 Å². The monoisotopic (exact) mass is 341 g/mol. The van der Waals surface area contributed by atoms with E-state index in [2.05, 4.69) is 25.3 Å². The van der Waals surface area contributed by atoms with Crippen molar-refractivity contribution < 1.29 is 19.0 Å². The van der Waals surface area contributed by atoms with Gasteiger partial charge in [0.2, 0.25) is 11.8 Å². The normalized spacial score (nSPS) is 10.3. The minimum atomic E-state index is -1.39. The average Bonchev–Trinajstić information content (AvgIpc) is 2.63. The third-order valence-electron chi connectivity index (χ3n) is 3.19. The maximum atomic E-state index is 13.5. The average molecular weight is 341 g/mol. The van der Waals surface area contributed by atoms with Gasteiger partial charge >= 0.3 is 5.97 Å². The number of carboxylic acids is 1. The van der Waals surface area contributed by atoms with Gasteiger partial charge in [-0.3, -0.25) is 0 Å². The Morgan fingerprint density at radius 2 is 2.08 bits per heavy atom. The van der Waals surface area contributed by atoms with Gasteiger partial charge in [-0.25, -0.2) is 24.1 Å². The van der Waals surface area contributed by atoms with Gasteiger partial charge in [0.25, 0.3) is 0 Å². The van der Waals surface area contributed by atoms with Crippen LogP contribution in [0.25, 0.3) is 11.4 Å². The summed E-state index contributed by atoms with van der Waals surface area (Å²) >= 11 is 0. The van der Waals surface area contributed by atoms with E-state index in [1.807, 2.05) is 0 Å². The standard InChI is InChI=1S/C16H12FN5O3/c1-18-16-21-8-20-13(22-16)10-3-2-6-19-14(10)25-9-4-5-12(17)11(7-9)15(23)24/h2-8H,1H3,(H,23,24)(H,18,20,21,22). The first-order chi connectivity index (χ1) is 12.1. The Hall–Kier alpha value is -3.62. The molecule has 9 heteroatoms. The Morgan fingerprint density at radius 1 is 1.24 bits per heavy atom. The zero-order valence-corrected chi connectivity index (χ0v) is 13.0. The van der Waals surface area contributed by atoms with Crippen molar-refractivity contribution in [2.75, 3.05) is 12.4 Å². The van der Waals surface area contributed by atoms with Crippen LogP contribution in [0.3, 0.4) is 0 Å². The summed E-state index contributed by atoms with van der Waals surface area (Å²) in [6, 6.07) is 6.79. The summed E-state index contributed by atoms with van der Waals surface area (Å²) in [5.41, 5.74) is -0.0183. The van der Waals surface area contributed by atoms with Gasteiger partial charge in [-0.1, -0.05) is 0 Å². The molecular formula is C16H12FN5O3. The number of carboxylic acid groups (broad SMARTS) is 1. The second-order valence-electron chi connectivity index (χ2n) is 4.79. The van der Waals surface area contributed by atoms with Crippen molar-refractivity contribution in [2.24, 2.45) is 0 Å². The van der Waals surface area contributed by atoms with Gasteiger partial charge in [-0.05, 0) is 30.3 Å². The summed E-state index contributed by atoms with van der Waals surface area (Å²) in [5.74, 6) is -1.27. The molecule has 0 bridgehead atoms. The minimum Gasteiger partial charge on any atom is -0.478 e. The van der Waals surface area contributed by atoms with E-state index in [9.17, 15) is 9.18 Å². The lowest BCUT2D eigenvalue weighted by molar-refractivity contribution is 0.0691. The fourth-order valence-corrected chi connectivity index (χ4v) is 2.03. The molecule has 8 nitrogen and oxygen atoms in total. The van der Waals surface area contributed by atoms with Gasteiger partial charge in [0.1, 0.15) is 17.9 Å². The molecule has 0 amide bonds. The Kier molecular flexibility index (Phi) is 4.46. The Morgan fingerprint density at radius 3 is 2.84 bits per heavy atom. The SMILES string of the molecule is CNc1ncnc(-c2cccnc2Oc2ccc(F)c(C(=O)O)c2)n1. The highest BCUT2D eigenvalue weighted by molar-refractivity contribution is 5.88. The molecule has 0 radical (unpaired) electrons. The molecule has 0 aliphatic heterocycles. The second-order valence-corrected chi connectivity index (χ2v) is 4.79. The van der Waals surface area contributed by atoms with Gasteiger partial charge in [0.05, 0.1) is 11.1 Å². The second kappa shape index (κ2) is 6.87. The number of nitrogens with one attached hydrogen (secondary N) is 1. The molecule has 2 heterocycles. The molecule has 3 aromatic rings. The Bertz CT molecular complexity index is 935. The summed E-state index contributed by atoms with van der Waals surface area (Å²) in [6.07, 6.45) is 2.84. The lowest BCUT2D eigenvalue weighted by Gasteiger charge is -2.10. The molecule has 0 aliphatic rings. The van der Waals surface area contributed by atoms with E-state index >= 15 is 0 Å². The Labute approximate surface area is 141 Å². The molecular weight excluding hydrogens is 329 g/mol. The summed E-state index contributed by atoms with van der Waals surface area (Å²) < 4.78 is 19.1. The van der Waals surface area contributed by atoms with Crippen molar-refractivity contribution in [3.05, 3.63) is 54.2 Å². The highest BCUT2D eigenvalue weighted by atomic mass is 19.1. The van der Waals surface area contributed by atoms with Crippen molar-refractivity contribution >= 4 is 11.9 Å². The molecule has 2 N–H and O–H groups in total. The van der Waals surface area contributed by atoms with Crippen LogP contribution in [0.15, 0.2) is 42.9 Å². The predicted octanol–water partition coefficient (Wildman–Crippen LogP) is 2.60. The summed E-state index contributed by atoms with van der Waals surface area (Å²) in [7, 11) is 1.67. The first-order valence-corrected chi connectivity index (χ1v) is 7.11. The quantitative estimate of drug-likeness (QED) is 0.728. The van der Waals surface area contributed by atoms with Crippen molar-refractivity contribution in [3.8, 4) is 23.0 Å². The number of rotatable bonds is 5. The highest BCUT2D eigenvalue weighted by Crippen LogP contribution is 2.30. The van der Waals surface area contributed by atoms with Crippen LogP contribution in [-0.2, 0) is 0 Å². The molecule has 1 aromatic carbocycles. The number of aromatic nitrogens is 4. The van der Waals surface area contributed by atoms with Gasteiger partial charge in [0.15, 0.2) is 5.82 Å². The number of ether oxygens (including phenoxy) is 1. The smallest absolute Gasteiger partial charge is 0.338 e. The molecule has 126 valence electrons. The number of hydrogen-bond donors (Lipinski definition) is 2. The van der Waals surface area contributed by atoms with Crippen LogP contribution in [0.2, 0.25) is 0 Å². The maximum absolute atomic E-state index is 13.5. The number of halogens is 1. The number of anilines is 1. The predicted molar refractivity (Wildman–Crippen MR) is 86.0 cm³/mol. The summed E-state index contributed by atoms with van der Waals surface area (Å²) in [6.45, 7) is 0. The van der Waals surface area contributed by atoms with Crippen molar-refractivity contribution in [1.29, 1.82) is 0 Å². The van der Waals surface area contributed by atoms with Gasteiger partial charge < -0.3 is 15.2 Å². The molecule has 0 aliphatic carbocycles. The van der Waals surface area contributed by atoms with Crippen LogP contribution in [0.1, 0.15) is 10.4 Å². The van der Waals surface area contributed by atoms with Crippen LogP contribution >= 0.6 is 0 Å². The molecule has 3 rings (SSSR count). The van der Waals surface area contributed by atoms with E-state index in [0.29, 0.717) is 17.3 Å². The van der Waals surface area contributed by atoms with E-state index < -0.39 is 17.3 Å². The van der Waals surface area contributed by atoms with Crippen molar-refractivity contribution in [1.82, 2.24) is 19.9 Å². The molecule has 25 heavy (non-hydrogen) atoms. The van der Waals surface area contributed by atoms with Crippen molar-refractivity contribution in [3.63, 3.8) is 0 Å². The molecule has 0 fully saturated rings. The molecule has 0 atom stereocenters. The molecule has 0 unspecified atom stereocenters. The van der Waals surface area contributed by atoms with Crippen LogP contribution < -0.4 is 10.1 Å². The third-order valence-corrected chi connectivity index (χ3v) is 3.19. The minimum absolute atomic E-state index is 0.127. The van der Waals surface area contributed by atoms with E-state index in [-0.39, 0.29) is 11.6 Å². The van der Waals surface area contributed by atoms with Gasteiger partial charge in [-0.2, -0.15) is 4.98 Å². The Balaban J connectivity index is 1.99. The maximum Gasteiger partial charge on any atom is 0.338 e. The van der Waals surface area contributed by atoms with Gasteiger partial charge in [-0.15, -0.1) is 0 Å². The first kappa shape index (κ1) is 16.2. The highest BCUT2D eigenvalue weighted by Gasteiger charge is 2.15. The van der Waals surface area contributed by atoms with Crippen LogP contribution in [0, 0.1) is 5.82 Å². The number of hydrogen-bond acceptors (Lipinski definition) is 7. The lowest BCUT2D eigenvalue weighted by Crippen LogP contribution is -2.02. The molecule has 0 saturated heterocycles. The molecule has 0 spiro atoms. The van der Waals surface area contributed by atoms with Crippen LogP contribution in [-0.4, -0.2) is 38.1 Å². The van der Waals surface area contributed by atoms with E-state index in [1.165, 1.54) is 18.6 Å². The number of pyridine rings is 1. The van der Waals surface area contributed by atoms with E-state index in [4.69, 9.17) is 9.84 Å². The summed E-state index contributed by atoms with van der Waals surface area (Å²) in [4.78, 5) is 27.4. The largest absolute Gasteiger partial charge is 0.478 e. The number of aromatic carboxylic acids is 1. The number of nitrogens with zero attached hydrogens (tertiary/aromatic N) is 4. The third kappa shape index (κ3) is 3.50. The first-order valence-electron chi connectivity index (χ1n) is 7.11. The fourth-order valence-electron chi connectivity index (χ4n) is 2.03. The molecule has 0 saturated carbocycles. The van der Waals surface area contributed by atoms with Crippen molar-refractivity contribution in [2.45, 2.75) is 0 Å². The van der Waals surface area contributed by atoms with E-state index in [0.717, 1.165) is 12.1 Å². The number of benzene rings is 1. The fraction of sp³-hybridized carbons (Fsp3) is 0.0625. The molecule has 2 aromatic heterocycles.